The molecule has 0 radical (unpaired) electrons. The fraction of sp³-hybridized carbons (Fsp3) is 0.250. The third-order valence-corrected chi connectivity index (χ3v) is 2.10. The quantitative estimate of drug-likeness (QED) is 0.805. The van der Waals surface area contributed by atoms with E-state index in [0.717, 1.165) is 10.2 Å². The van der Waals surface area contributed by atoms with Crippen LogP contribution in [-0.2, 0) is 0 Å². The zero-order valence-electron chi connectivity index (χ0n) is 6.84. The van der Waals surface area contributed by atoms with E-state index in [4.69, 9.17) is 0 Å². The summed E-state index contributed by atoms with van der Waals surface area (Å²) in [7, 11) is 0. The highest BCUT2D eigenvalue weighted by atomic mass is 79.9. The Bertz CT molecular complexity index is 286. The van der Waals surface area contributed by atoms with Crippen molar-refractivity contribution >= 4 is 21.9 Å². The minimum atomic E-state index is 0.635. The summed E-state index contributed by atoms with van der Waals surface area (Å²) in [5.74, 6) is 0.635. The van der Waals surface area contributed by atoms with Gasteiger partial charge in [0.25, 0.3) is 0 Å². The Morgan fingerprint density at radius 1 is 1.75 bits per heavy atom. The van der Waals surface area contributed by atoms with E-state index in [1.54, 1.807) is 12.3 Å². The minimum Gasteiger partial charge on any atom is -0.351 e. The van der Waals surface area contributed by atoms with Gasteiger partial charge in [0, 0.05) is 12.7 Å². The second-order valence-electron chi connectivity index (χ2n) is 2.30. The predicted molar refractivity (Wildman–Crippen MR) is 53.2 cm³/mol. The molecule has 1 rings (SSSR count). The van der Waals surface area contributed by atoms with Crippen LogP contribution in [0.5, 0.6) is 0 Å². The molecule has 0 aliphatic heterocycles. The third-order valence-electron chi connectivity index (χ3n) is 1.32. The molecule has 1 N–H and O–H groups in total. The number of rotatable bonds is 3. The lowest BCUT2D eigenvalue weighted by Gasteiger charge is -2.02. The van der Waals surface area contributed by atoms with E-state index in [0.29, 0.717) is 12.5 Å². The zero-order valence-corrected chi connectivity index (χ0v) is 8.43. The highest BCUT2D eigenvalue weighted by Crippen LogP contribution is 2.12. The van der Waals surface area contributed by atoms with Crippen molar-refractivity contribution in [3.05, 3.63) is 29.0 Å². The smallest absolute Gasteiger partial charge is 0.223 e. The zero-order chi connectivity index (χ0) is 8.97. The summed E-state index contributed by atoms with van der Waals surface area (Å²) in [6, 6.07) is 0. The van der Waals surface area contributed by atoms with Gasteiger partial charge in [-0.2, -0.15) is 0 Å². The second kappa shape index (κ2) is 4.21. The summed E-state index contributed by atoms with van der Waals surface area (Å²) in [5.41, 5.74) is 0.927. The average Bonchev–Trinajstić information content (AvgIpc) is 2.07. The molecule has 12 heavy (non-hydrogen) atoms. The number of halogens is 1. The van der Waals surface area contributed by atoms with Crippen molar-refractivity contribution in [3.63, 3.8) is 0 Å². The van der Waals surface area contributed by atoms with Crippen molar-refractivity contribution in [1.82, 2.24) is 9.97 Å². The fourth-order valence-electron chi connectivity index (χ4n) is 0.701. The van der Waals surface area contributed by atoms with Crippen molar-refractivity contribution in [2.75, 3.05) is 11.9 Å². The SMILES string of the molecule is C=CCNc1ncc(Br)c(C)n1. The molecule has 0 spiro atoms. The van der Waals surface area contributed by atoms with E-state index in [1.165, 1.54) is 0 Å². The summed E-state index contributed by atoms with van der Waals surface area (Å²) in [6.45, 7) is 6.19. The lowest BCUT2D eigenvalue weighted by Crippen LogP contribution is -2.03. The van der Waals surface area contributed by atoms with E-state index in [2.05, 4.69) is 37.8 Å². The Labute approximate surface area is 80.1 Å². The minimum absolute atomic E-state index is 0.635. The van der Waals surface area contributed by atoms with Gasteiger partial charge in [0.05, 0.1) is 10.2 Å². The van der Waals surface area contributed by atoms with Gasteiger partial charge in [-0.3, -0.25) is 0 Å². The summed E-state index contributed by atoms with van der Waals surface area (Å²) < 4.78 is 0.923. The number of hydrogen-bond donors (Lipinski definition) is 1. The van der Waals surface area contributed by atoms with Crippen molar-refractivity contribution in [2.45, 2.75) is 6.92 Å². The third kappa shape index (κ3) is 2.30. The first-order valence-corrected chi connectivity index (χ1v) is 4.37. The molecule has 0 aromatic carbocycles. The van der Waals surface area contributed by atoms with Gasteiger partial charge in [0.1, 0.15) is 0 Å². The van der Waals surface area contributed by atoms with Gasteiger partial charge in [0.15, 0.2) is 0 Å². The molecule has 0 atom stereocenters. The van der Waals surface area contributed by atoms with Crippen LogP contribution in [0.15, 0.2) is 23.3 Å². The van der Waals surface area contributed by atoms with Crippen LogP contribution in [0.25, 0.3) is 0 Å². The van der Waals surface area contributed by atoms with Crippen LogP contribution in [0, 0.1) is 6.92 Å². The summed E-state index contributed by atoms with van der Waals surface area (Å²) >= 11 is 3.32. The Kier molecular flexibility index (Phi) is 3.22. The van der Waals surface area contributed by atoms with Gasteiger partial charge < -0.3 is 5.32 Å². The van der Waals surface area contributed by atoms with Crippen molar-refractivity contribution in [1.29, 1.82) is 0 Å². The molecular weight excluding hydrogens is 218 g/mol. The number of aromatic nitrogens is 2. The van der Waals surface area contributed by atoms with Crippen molar-refractivity contribution in [2.24, 2.45) is 0 Å². The van der Waals surface area contributed by atoms with Crippen molar-refractivity contribution in [3.8, 4) is 0 Å². The van der Waals surface area contributed by atoms with Crippen LogP contribution in [0.3, 0.4) is 0 Å². The maximum absolute atomic E-state index is 4.19. The molecule has 3 nitrogen and oxygen atoms in total. The first-order chi connectivity index (χ1) is 5.74. The molecule has 1 heterocycles. The second-order valence-corrected chi connectivity index (χ2v) is 3.15. The lowest BCUT2D eigenvalue weighted by molar-refractivity contribution is 1.06. The summed E-state index contributed by atoms with van der Waals surface area (Å²) in [5, 5.41) is 3.00. The molecule has 0 fully saturated rings. The lowest BCUT2D eigenvalue weighted by atomic mass is 10.5. The van der Waals surface area contributed by atoms with Gasteiger partial charge in [-0.05, 0) is 22.9 Å². The maximum atomic E-state index is 4.19. The number of hydrogen-bond acceptors (Lipinski definition) is 3. The summed E-state index contributed by atoms with van der Waals surface area (Å²) in [4.78, 5) is 8.25. The molecule has 0 bridgehead atoms. The van der Waals surface area contributed by atoms with E-state index in [-0.39, 0.29) is 0 Å². The van der Waals surface area contributed by atoms with E-state index in [9.17, 15) is 0 Å². The number of nitrogens with zero attached hydrogens (tertiary/aromatic N) is 2. The van der Waals surface area contributed by atoms with Crippen LogP contribution >= 0.6 is 15.9 Å². The van der Waals surface area contributed by atoms with Gasteiger partial charge >= 0.3 is 0 Å². The van der Waals surface area contributed by atoms with Gasteiger partial charge in [-0.1, -0.05) is 6.08 Å². The van der Waals surface area contributed by atoms with Crippen LogP contribution in [0.1, 0.15) is 5.69 Å². The monoisotopic (exact) mass is 227 g/mol. The standard InChI is InChI=1S/C8H10BrN3/c1-3-4-10-8-11-5-7(9)6(2)12-8/h3,5H,1,4H2,2H3,(H,10,11,12). The maximum Gasteiger partial charge on any atom is 0.223 e. The first kappa shape index (κ1) is 9.19. The highest BCUT2D eigenvalue weighted by molar-refractivity contribution is 9.10. The molecule has 64 valence electrons. The Balaban J connectivity index is 2.75. The molecule has 0 amide bonds. The van der Waals surface area contributed by atoms with Gasteiger partial charge in [0.2, 0.25) is 5.95 Å². The molecular formula is C8H10BrN3. The normalized spacial score (nSPS) is 9.50. The first-order valence-electron chi connectivity index (χ1n) is 3.58. The topological polar surface area (TPSA) is 37.8 Å². The van der Waals surface area contributed by atoms with Crippen molar-refractivity contribution < 1.29 is 0 Å². The van der Waals surface area contributed by atoms with Gasteiger partial charge in [-0.25, -0.2) is 9.97 Å². The Morgan fingerprint density at radius 3 is 3.08 bits per heavy atom. The molecule has 0 unspecified atom stereocenters. The predicted octanol–water partition coefficient (Wildman–Crippen LogP) is 2.15. The van der Waals surface area contributed by atoms with Crippen LogP contribution in [-0.4, -0.2) is 16.5 Å². The van der Waals surface area contributed by atoms with E-state index in [1.807, 2.05) is 6.92 Å². The Hall–Kier alpha value is -0.900. The largest absolute Gasteiger partial charge is 0.351 e. The molecule has 1 aromatic rings. The number of anilines is 1. The van der Waals surface area contributed by atoms with E-state index >= 15 is 0 Å². The molecule has 4 heteroatoms. The molecule has 0 saturated heterocycles. The number of nitrogens with one attached hydrogen (secondary N) is 1. The van der Waals surface area contributed by atoms with Gasteiger partial charge in [-0.15, -0.1) is 6.58 Å². The van der Waals surface area contributed by atoms with Crippen LogP contribution < -0.4 is 5.32 Å². The average molecular weight is 228 g/mol. The fourth-order valence-corrected chi connectivity index (χ4v) is 0.892. The van der Waals surface area contributed by atoms with Crippen LogP contribution in [0.2, 0.25) is 0 Å². The molecule has 0 saturated carbocycles. The van der Waals surface area contributed by atoms with E-state index < -0.39 is 0 Å². The number of aryl methyl sites for hydroxylation is 1. The molecule has 1 aromatic heterocycles. The Morgan fingerprint density at radius 2 is 2.50 bits per heavy atom. The molecule has 0 aliphatic carbocycles. The summed E-state index contributed by atoms with van der Waals surface area (Å²) in [6.07, 6.45) is 3.49. The highest BCUT2D eigenvalue weighted by Gasteiger charge is 1.97. The molecule has 0 aliphatic rings. The van der Waals surface area contributed by atoms with Crippen LogP contribution in [0.4, 0.5) is 5.95 Å².